The first-order valence-electron chi connectivity index (χ1n) is 12.0. The van der Waals surface area contributed by atoms with Crippen LogP contribution in [0.3, 0.4) is 0 Å². The van der Waals surface area contributed by atoms with Gasteiger partial charge >= 0.3 is 0 Å². The third-order valence-corrected chi connectivity index (χ3v) is 6.66. The van der Waals surface area contributed by atoms with E-state index in [-0.39, 0.29) is 0 Å². The lowest BCUT2D eigenvalue weighted by Crippen LogP contribution is -2.31. The van der Waals surface area contributed by atoms with Crippen LogP contribution in [0.4, 0.5) is 5.95 Å². The summed E-state index contributed by atoms with van der Waals surface area (Å²) in [7, 11) is 0. The molecule has 2 heterocycles. The van der Waals surface area contributed by atoms with Gasteiger partial charge in [-0.05, 0) is 55.3 Å². The number of nitrogens with two attached hydrogens (primary N) is 1. The fraction of sp³-hybridized carbons (Fsp3) is 0.179. The second-order valence-corrected chi connectivity index (χ2v) is 9.52. The summed E-state index contributed by atoms with van der Waals surface area (Å²) in [5, 5.41) is 8.77. The summed E-state index contributed by atoms with van der Waals surface area (Å²) in [6.07, 6.45) is 0. The fourth-order valence-electron chi connectivity index (χ4n) is 4.38. The highest BCUT2D eigenvalue weighted by Gasteiger charge is 2.34. The molecule has 1 aliphatic rings. The van der Waals surface area contributed by atoms with Gasteiger partial charge in [0.1, 0.15) is 12.6 Å². The molecule has 1 atom stereocenters. The number of anilines is 1. The molecule has 1 amide bonds. The van der Waals surface area contributed by atoms with Crippen molar-refractivity contribution < 1.29 is 14.3 Å². The van der Waals surface area contributed by atoms with Crippen molar-refractivity contribution in [2.45, 2.75) is 26.5 Å². The van der Waals surface area contributed by atoms with Crippen molar-refractivity contribution in [1.29, 1.82) is 0 Å². The Morgan fingerprint density at radius 2 is 1.84 bits per heavy atom. The van der Waals surface area contributed by atoms with Gasteiger partial charge in [-0.2, -0.15) is 4.98 Å². The average Bonchev–Trinajstić information content (AvgIpc) is 3.31. The molecule has 1 aliphatic heterocycles. The van der Waals surface area contributed by atoms with E-state index in [0.717, 1.165) is 11.1 Å². The maximum absolute atomic E-state index is 12.6. The number of nitrogens with one attached hydrogen (secondary N) is 1. The normalized spacial score (nSPS) is 14.6. The van der Waals surface area contributed by atoms with E-state index in [1.807, 2.05) is 55.5 Å². The number of amides is 1. The minimum Gasteiger partial charge on any atom is -0.490 e. The summed E-state index contributed by atoms with van der Waals surface area (Å²) in [6, 6.07) is 19.9. The Hall–Kier alpha value is -4.01. The summed E-state index contributed by atoms with van der Waals surface area (Å²) in [5.41, 5.74) is 9.16. The van der Waals surface area contributed by atoms with Gasteiger partial charge in [0, 0.05) is 16.3 Å². The standard InChI is InChI=1S/C28H25Cl2N5O3/c1-3-37-23-13-18(9-12-22(23)38-15-17-7-5-4-6-8-17)25-24(26(31)36)16(2)32-28-33-27(34-35(25)28)20-11-10-19(29)14-21(20)30/h4-14,25H,3,15H2,1-2H3,(H2,31,36)(H,32,33,34). The van der Waals surface area contributed by atoms with E-state index in [9.17, 15) is 4.79 Å². The van der Waals surface area contributed by atoms with Crippen LogP contribution in [0.5, 0.6) is 11.5 Å². The number of ether oxygens (including phenoxy) is 2. The van der Waals surface area contributed by atoms with Gasteiger partial charge in [0.25, 0.3) is 0 Å². The van der Waals surface area contributed by atoms with Gasteiger partial charge in [-0.3, -0.25) is 4.79 Å². The molecule has 3 aromatic carbocycles. The number of carbonyl (C=O) groups excluding carboxylic acids is 1. The molecule has 0 saturated heterocycles. The molecule has 0 radical (unpaired) electrons. The Bertz CT molecular complexity index is 1530. The lowest BCUT2D eigenvalue weighted by molar-refractivity contribution is -0.115. The quantitative estimate of drug-likeness (QED) is 0.279. The second-order valence-electron chi connectivity index (χ2n) is 8.67. The molecular weight excluding hydrogens is 525 g/mol. The molecule has 0 aliphatic carbocycles. The van der Waals surface area contributed by atoms with Crippen molar-refractivity contribution in [2.24, 2.45) is 5.73 Å². The van der Waals surface area contributed by atoms with E-state index in [2.05, 4.69) is 10.3 Å². The number of halogens is 2. The lowest BCUT2D eigenvalue weighted by Gasteiger charge is -2.28. The van der Waals surface area contributed by atoms with E-state index >= 15 is 0 Å². The van der Waals surface area contributed by atoms with Gasteiger partial charge in [0.15, 0.2) is 17.3 Å². The second kappa shape index (κ2) is 10.8. The zero-order valence-electron chi connectivity index (χ0n) is 20.7. The summed E-state index contributed by atoms with van der Waals surface area (Å²) in [6.45, 7) is 4.50. The zero-order valence-corrected chi connectivity index (χ0v) is 22.3. The molecule has 5 rings (SSSR count). The Kier molecular flexibility index (Phi) is 7.26. The van der Waals surface area contributed by atoms with Crippen molar-refractivity contribution in [2.75, 3.05) is 11.9 Å². The third-order valence-electron chi connectivity index (χ3n) is 6.11. The first kappa shape index (κ1) is 25.6. The number of fused-ring (bicyclic) bond motifs is 1. The van der Waals surface area contributed by atoms with Gasteiger partial charge in [-0.25, -0.2) is 4.68 Å². The summed E-state index contributed by atoms with van der Waals surface area (Å²) < 4.78 is 13.6. The molecule has 38 heavy (non-hydrogen) atoms. The number of hydrogen-bond donors (Lipinski definition) is 2. The van der Waals surface area contributed by atoms with Crippen LogP contribution < -0.4 is 20.5 Å². The molecule has 3 N–H and O–H groups in total. The number of carbonyl (C=O) groups is 1. The van der Waals surface area contributed by atoms with Crippen molar-refractivity contribution >= 4 is 35.1 Å². The van der Waals surface area contributed by atoms with Gasteiger partial charge in [0.05, 0.1) is 17.2 Å². The molecule has 0 bridgehead atoms. The lowest BCUT2D eigenvalue weighted by atomic mass is 9.95. The Labute approximate surface area is 230 Å². The van der Waals surface area contributed by atoms with Gasteiger partial charge in [-0.15, -0.1) is 5.10 Å². The van der Waals surface area contributed by atoms with E-state index in [1.54, 1.807) is 29.8 Å². The molecule has 1 unspecified atom stereocenters. The van der Waals surface area contributed by atoms with E-state index in [1.165, 1.54) is 0 Å². The topological polar surface area (TPSA) is 104 Å². The Morgan fingerprint density at radius 1 is 1.05 bits per heavy atom. The van der Waals surface area contributed by atoms with Gasteiger partial charge in [-0.1, -0.05) is 59.6 Å². The summed E-state index contributed by atoms with van der Waals surface area (Å²) >= 11 is 12.5. The predicted octanol–water partition coefficient (Wildman–Crippen LogP) is 6.00. The number of aromatic nitrogens is 3. The molecule has 8 nitrogen and oxygen atoms in total. The molecule has 4 aromatic rings. The number of allylic oxidation sites excluding steroid dienone is 1. The average molecular weight is 550 g/mol. The highest BCUT2D eigenvalue weighted by Crippen LogP contribution is 2.40. The van der Waals surface area contributed by atoms with E-state index < -0.39 is 11.9 Å². The van der Waals surface area contributed by atoms with Crippen molar-refractivity contribution in [1.82, 2.24) is 14.8 Å². The van der Waals surface area contributed by atoms with Gasteiger partial charge in [0.2, 0.25) is 11.9 Å². The van der Waals surface area contributed by atoms with Crippen LogP contribution in [0.15, 0.2) is 78.0 Å². The predicted molar refractivity (Wildman–Crippen MR) is 148 cm³/mol. The van der Waals surface area contributed by atoms with Crippen LogP contribution in [-0.4, -0.2) is 27.3 Å². The number of nitrogens with zero attached hydrogens (tertiary/aromatic N) is 3. The number of rotatable bonds is 8. The van der Waals surface area contributed by atoms with Crippen molar-refractivity contribution in [3.8, 4) is 22.9 Å². The SMILES string of the molecule is CCOc1cc(C2C(C(N)=O)=C(C)Nc3nc(-c4ccc(Cl)cc4Cl)nn32)ccc1OCc1ccccc1. The van der Waals surface area contributed by atoms with Crippen LogP contribution in [0, 0.1) is 0 Å². The maximum Gasteiger partial charge on any atom is 0.248 e. The minimum atomic E-state index is -0.654. The van der Waals surface area contributed by atoms with E-state index in [4.69, 9.17) is 43.5 Å². The Morgan fingerprint density at radius 3 is 2.55 bits per heavy atom. The Balaban J connectivity index is 1.56. The monoisotopic (exact) mass is 549 g/mol. The summed E-state index contributed by atoms with van der Waals surface area (Å²) in [5.74, 6) is 1.38. The summed E-state index contributed by atoms with van der Waals surface area (Å²) in [4.78, 5) is 17.3. The van der Waals surface area contributed by atoms with Crippen LogP contribution in [0.1, 0.15) is 31.0 Å². The molecule has 1 aromatic heterocycles. The van der Waals surface area contributed by atoms with Crippen molar-refractivity contribution in [3.63, 3.8) is 0 Å². The van der Waals surface area contributed by atoms with Crippen LogP contribution >= 0.6 is 23.2 Å². The van der Waals surface area contributed by atoms with Gasteiger partial charge < -0.3 is 20.5 Å². The molecular formula is C28H25Cl2N5O3. The highest BCUT2D eigenvalue weighted by molar-refractivity contribution is 6.36. The van der Waals surface area contributed by atoms with Crippen LogP contribution in [-0.2, 0) is 11.4 Å². The first-order valence-corrected chi connectivity index (χ1v) is 12.7. The first-order chi connectivity index (χ1) is 18.4. The maximum atomic E-state index is 12.6. The van der Waals surface area contributed by atoms with E-state index in [0.29, 0.717) is 63.4 Å². The number of benzene rings is 3. The molecule has 194 valence electrons. The van der Waals surface area contributed by atoms with Crippen molar-refractivity contribution in [3.05, 3.63) is 99.2 Å². The molecule has 0 fully saturated rings. The highest BCUT2D eigenvalue weighted by atomic mass is 35.5. The smallest absolute Gasteiger partial charge is 0.248 e. The third kappa shape index (κ3) is 5.05. The van der Waals surface area contributed by atoms with Crippen LogP contribution in [0.25, 0.3) is 11.4 Å². The minimum absolute atomic E-state index is 0.358. The fourth-order valence-corrected chi connectivity index (χ4v) is 4.87. The largest absolute Gasteiger partial charge is 0.490 e. The molecule has 0 spiro atoms. The van der Waals surface area contributed by atoms with Crippen LogP contribution in [0.2, 0.25) is 10.0 Å². The number of hydrogen-bond acceptors (Lipinski definition) is 6. The molecule has 10 heteroatoms. The zero-order chi connectivity index (χ0) is 26.8. The molecule has 0 saturated carbocycles. The number of primary amides is 1.